The van der Waals surface area contributed by atoms with Crippen LogP contribution < -0.4 is 19.5 Å². The van der Waals surface area contributed by atoms with Gasteiger partial charge >= 0.3 is 0 Å². The number of hydrogen-bond acceptors (Lipinski definition) is 5. The Balaban J connectivity index is 1.65. The zero-order valence-corrected chi connectivity index (χ0v) is 18.7. The summed E-state index contributed by atoms with van der Waals surface area (Å²) in [4.78, 5) is 13.3. The molecule has 4 aromatic rings. The smallest absolute Gasteiger partial charge is 0.255 e. The number of carbonyl (C=O) groups excluding carboxylic acids is 1. The second-order valence-electron chi connectivity index (χ2n) is 7.24. The minimum atomic E-state index is -0.243. The number of amides is 1. The van der Waals surface area contributed by atoms with Crippen LogP contribution in [0.2, 0.25) is 0 Å². The Morgan fingerprint density at radius 2 is 1.45 bits per heavy atom. The summed E-state index contributed by atoms with van der Waals surface area (Å²) in [6, 6.07) is 22.9. The molecule has 1 heterocycles. The van der Waals surface area contributed by atoms with Gasteiger partial charge in [-0.2, -0.15) is 5.10 Å². The summed E-state index contributed by atoms with van der Waals surface area (Å²) in [5.74, 6) is 1.47. The highest BCUT2D eigenvalue weighted by Gasteiger charge is 2.19. The lowest BCUT2D eigenvalue weighted by Crippen LogP contribution is -2.23. The summed E-state index contributed by atoms with van der Waals surface area (Å²) in [6.07, 6.45) is 1.75. The van der Waals surface area contributed by atoms with Crippen LogP contribution in [0.5, 0.6) is 17.2 Å². The second kappa shape index (κ2) is 9.91. The van der Waals surface area contributed by atoms with Crippen LogP contribution in [0.25, 0.3) is 16.9 Å². The molecular weight excluding hydrogens is 418 g/mol. The molecule has 3 aromatic carbocycles. The van der Waals surface area contributed by atoms with E-state index < -0.39 is 0 Å². The van der Waals surface area contributed by atoms with Gasteiger partial charge in [0.15, 0.2) is 11.5 Å². The van der Waals surface area contributed by atoms with E-state index in [0.717, 1.165) is 16.8 Å². The molecule has 0 saturated heterocycles. The Morgan fingerprint density at radius 1 is 0.848 bits per heavy atom. The van der Waals surface area contributed by atoms with Crippen molar-refractivity contribution in [2.45, 2.75) is 6.54 Å². The van der Waals surface area contributed by atoms with Gasteiger partial charge in [0, 0.05) is 29.9 Å². The molecule has 0 unspecified atom stereocenters. The van der Waals surface area contributed by atoms with Crippen molar-refractivity contribution in [2.75, 3.05) is 21.3 Å². The first-order valence-electron chi connectivity index (χ1n) is 10.4. The molecule has 0 saturated carbocycles. The fourth-order valence-corrected chi connectivity index (χ4v) is 3.56. The SMILES string of the molecule is COc1cc(OC)c(OC)cc1CNC(=O)c1cn(-c2ccccc2)nc1-c1ccccc1. The normalized spacial score (nSPS) is 10.5. The Labute approximate surface area is 192 Å². The van der Waals surface area contributed by atoms with Gasteiger partial charge in [-0.1, -0.05) is 48.5 Å². The van der Waals surface area contributed by atoms with Crippen LogP contribution in [0.4, 0.5) is 0 Å². The summed E-state index contributed by atoms with van der Waals surface area (Å²) in [6.45, 7) is 0.243. The fourth-order valence-electron chi connectivity index (χ4n) is 3.56. The van der Waals surface area contributed by atoms with Gasteiger partial charge in [0.2, 0.25) is 0 Å². The highest BCUT2D eigenvalue weighted by Crippen LogP contribution is 2.34. The molecule has 0 spiro atoms. The van der Waals surface area contributed by atoms with E-state index in [2.05, 4.69) is 5.32 Å². The van der Waals surface area contributed by atoms with Crippen LogP contribution in [0.3, 0.4) is 0 Å². The van der Waals surface area contributed by atoms with E-state index in [4.69, 9.17) is 19.3 Å². The highest BCUT2D eigenvalue weighted by atomic mass is 16.5. The molecule has 0 aliphatic heterocycles. The molecule has 1 N–H and O–H groups in total. The maximum Gasteiger partial charge on any atom is 0.255 e. The number of para-hydroxylation sites is 1. The summed E-state index contributed by atoms with van der Waals surface area (Å²) in [5, 5.41) is 7.69. The number of hydrogen-bond donors (Lipinski definition) is 1. The molecule has 0 radical (unpaired) electrons. The predicted molar refractivity (Wildman–Crippen MR) is 126 cm³/mol. The number of nitrogens with one attached hydrogen (secondary N) is 1. The summed E-state index contributed by atoms with van der Waals surface area (Å²) >= 11 is 0. The summed E-state index contributed by atoms with van der Waals surface area (Å²) < 4.78 is 17.9. The van der Waals surface area contributed by atoms with Crippen LogP contribution in [0.15, 0.2) is 79.0 Å². The molecule has 0 aliphatic carbocycles. The zero-order valence-electron chi connectivity index (χ0n) is 18.7. The first-order valence-corrected chi connectivity index (χ1v) is 10.4. The molecule has 1 aromatic heterocycles. The number of methoxy groups -OCH3 is 3. The lowest BCUT2D eigenvalue weighted by atomic mass is 10.1. The Morgan fingerprint density at radius 3 is 2.09 bits per heavy atom. The standard InChI is InChI=1S/C26H25N3O4/c1-31-22-15-24(33-3)23(32-2)14-19(22)16-27-26(30)21-17-29(20-12-8-5-9-13-20)28-25(21)18-10-6-4-7-11-18/h4-15,17H,16H2,1-3H3,(H,27,30). The number of rotatable bonds is 8. The quantitative estimate of drug-likeness (QED) is 0.434. The van der Waals surface area contributed by atoms with Gasteiger partial charge in [-0.15, -0.1) is 0 Å². The number of nitrogens with zero attached hydrogens (tertiary/aromatic N) is 2. The molecule has 0 atom stereocenters. The first kappa shape index (κ1) is 22.0. The van der Waals surface area contributed by atoms with Crippen LogP contribution in [0.1, 0.15) is 15.9 Å². The monoisotopic (exact) mass is 443 g/mol. The van der Waals surface area contributed by atoms with E-state index in [1.165, 1.54) is 0 Å². The Kier molecular flexibility index (Phi) is 6.59. The summed E-state index contributed by atoms with van der Waals surface area (Å²) in [7, 11) is 4.70. The van der Waals surface area contributed by atoms with Gasteiger partial charge in [-0.05, 0) is 18.2 Å². The minimum Gasteiger partial charge on any atom is -0.496 e. The lowest BCUT2D eigenvalue weighted by molar-refractivity contribution is 0.0951. The maximum atomic E-state index is 13.3. The average molecular weight is 444 g/mol. The number of carbonyl (C=O) groups is 1. The molecule has 4 rings (SSSR count). The number of aromatic nitrogens is 2. The maximum absolute atomic E-state index is 13.3. The van der Waals surface area contributed by atoms with Gasteiger partial charge < -0.3 is 19.5 Å². The van der Waals surface area contributed by atoms with Gasteiger partial charge in [0.25, 0.3) is 5.91 Å². The van der Waals surface area contributed by atoms with E-state index in [9.17, 15) is 4.79 Å². The third kappa shape index (κ3) is 4.67. The van der Waals surface area contributed by atoms with Crippen LogP contribution in [0, 0.1) is 0 Å². The number of ether oxygens (including phenoxy) is 3. The Hall–Kier alpha value is -4.26. The van der Waals surface area contributed by atoms with E-state index in [1.54, 1.807) is 44.3 Å². The molecule has 33 heavy (non-hydrogen) atoms. The second-order valence-corrected chi connectivity index (χ2v) is 7.24. The van der Waals surface area contributed by atoms with Gasteiger partial charge in [0.1, 0.15) is 11.4 Å². The molecule has 0 aliphatic rings. The van der Waals surface area contributed by atoms with Crippen LogP contribution in [-0.4, -0.2) is 37.0 Å². The van der Waals surface area contributed by atoms with E-state index in [0.29, 0.717) is 28.5 Å². The Bertz CT molecular complexity index is 1240. The van der Waals surface area contributed by atoms with Crippen molar-refractivity contribution in [1.29, 1.82) is 0 Å². The van der Waals surface area contributed by atoms with E-state index >= 15 is 0 Å². The lowest BCUT2D eigenvalue weighted by Gasteiger charge is -2.14. The topological polar surface area (TPSA) is 74.6 Å². The van der Waals surface area contributed by atoms with Gasteiger partial charge in [0.05, 0.1) is 32.6 Å². The molecule has 168 valence electrons. The van der Waals surface area contributed by atoms with Crippen molar-refractivity contribution < 1.29 is 19.0 Å². The molecule has 0 fully saturated rings. The van der Waals surface area contributed by atoms with Crippen LogP contribution in [-0.2, 0) is 6.54 Å². The van der Waals surface area contributed by atoms with E-state index in [1.807, 2.05) is 60.7 Å². The third-order valence-corrected chi connectivity index (χ3v) is 5.25. The van der Waals surface area contributed by atoms with Crippen molar-refractivity contribution in [3.63, 3.8) is 0 Å². The molecule has 1 amide bonds. The largest absolute Gasteiger partial charge is 0.496 e. The van der Waals surface area contributed by atoms with Crippen molar-refractivity contribution >= 4 is 5.91 Å². The number of benzene rings is 3. The van der Waals surface area contributed by atoms with Crippen molar-refractivity contribution in [3.8, 4) is 34.2 Å². The highest BCUT2D eigenvalue weighted by molar-refractivity contribution is 5.99. The van der Waals surface area contributed by atoms with E-state index in [-0.39, 0.29) is 12.5 Å². The van der Waals surface area contributed by atoms with Crippen LogP contribution >= 0.6 is 0 Å². The third-order valence-electron chi connectivity index (χ3n) is 5.25. The molecule has 7 heteroatoms. The predicted octanol–water partition coefficient (Wildman–Crippen LogP) is 4.50. The molecule has 0 bridgehead atoms. The van der Waals surface area contributed by atoms with Crippen molar-refractivity contribution in [3.05, 3.63) is 90.1 Å². The molecular formula is C26H25N3O4. The summed E-state index contributed by atoms with van der Waals surface area (Å²) in [5.41, 5.74) is 3.58. The minimum absolute atomic E-state index is 0.243. The molecule has 7 nitrogen and oxygen atoms in total. The van der Waals surface area contributed by atoms with Crippen molar-refractivity contribution in [1.82, 2.24) is 15.1 Å². The first-order chi connectivity index (χ1) is 16.1. The van der Waals surface area contributed by atoms with Crippen molar-refractivity contribution in [2.24, 2.45) is 0 Å². The van der Waals surface area contributed by atoms with Gasteiger partial charge in [-0.25, -0.2) is 4.68 Å². The average Bonchev–Trinajstić information content (AvgIpc) is 3.33. The van der Waals surface area contributed by atoms with Gasteiger partial charge in [-0.3, -0.25) is 4.79 Å². The fraction of sp³-hybridized carbons (Fsp3) is 0.154. The zero-order chi connectivity index (χ0) is 23.2.